The smallest absolute Gasteiger partial charge is 0.416 e. The molecule has 2 aromatic rings. The van der Waals surface area contributed by atoms with Crippen molar-refractivity contribution in [1.82, 2.24) is 20.2 Å². The van der Waals surface area contributed by atoms with E-state index in [1.165, 1.54) is 16.8 Å². The summed E-state index contributed by atoms with van der Waals surface area (Å²) in [6, 6.07) is 4.38. The zero-order valence-electron chi connectivity index (χ0n) is 12.4. The molecule has 1 aromatic heterocycles. The minimum atomic E-state index is -4.39. The van der Waals surface area contributed by atoms with Crippen molar-refractivity contribution in [3.63, 3.8) is 0 Å². The predicted molar refractivity (Wildman–Crippen MR) is 73.1 cm³/mol. The van der Waals surface area contributed by atoms with Crippen LogP contribution in [-0.2, 0) is 35.3 Å². The van der Waals surface area contributed by atoms with Crippen molar-refractivity contribution in [3.05, 3.63) is 41.2 Å². The third kappa shape index (κ3) is 4.76. The van der Waals surface area contributed by atoms with Crippen molar-refractivity contribution in [2.45, 2.75) is 39.1 Å². The van der Waals surface area contributed by atoms with Gasteiger partial charge in [-0.3, -0.25) is 4.79 Å². The lowest BCUT2D eigenvalue weighted by molar-refractivity contribution is -0.144. The summed E-state index contributed by atoms with van der Waals surface area (Å²) in [6.45, 7) is 2.49. The molecule has 0 saturated carbocycles. The van der Waals surface area contributed by atoms with Crippen LogP contribution in [0.5, 0.6) is 0 Å². The van der Waals surface area contributed by atoms with Crippen molar-refractivity contribution in [3.8, 4) is 0 Å². The Morgan fingerprint density at radius 3 is 2.57 bits per heavy atom. The van der Waals surface area contributed by atoms with Crippen LogP contribution in [0.4, 0.5) is 13.2 Å². The Hall–Kier alpha value is -2.45. The minimum Gasteiger partial charge on any atom is -0.457 e. The number of alkyl halides is 3. The quantitative estimate of drug-likeness (QED) is 0.762. The van der Waals surface area contributed by atoms with Crippen LogP contribution in [0.1, 0.15) is 30.3 Å². The molecule has 0 aliphatic heterocycles. The van der Waals surface area contributed by atoms with Crippen LogP contribution in [0, 0.1) is 0 Å². The number of ether oxygens (including phenoxy) is 1. The van der Waals surface area contributed by atoms with Gasteiger partial charge in [0.15, 0.2) is 12.4 Å². The Balaban J connectivity index is 1.88. The van der Waals surface area contributed by atoms with Gasteiger partial charge in [-0.2, -0.15) is 13.2 Å². The molecule has 0 amide bonds. The Morgan fingerprint density at radius 1 is 1.26 bits per heavy atom. The van der Waals surface area contributed by atoms with Gasteiger partial charge in [-0.1, -0.05) is 19.1 Å². The van der Waals surface area contributed by atoms with Gasteiger partial charge in [0.1, 0.15) is 0 Å². The van der Waals surface area contributed by atoms with Gasteiger partial charge in [-0.05, 0) is 34.5 Å². The van der Waals surface area contributed by atoms with E-state index in [9.17, 15) is 18.0 Å². The number of aromatic nitrogens is 4. The lowest BCUT2D eigenvalue weighted by atomic mass is 10.1. The Bertz CT molecular complexity index is 653. The van der Waals surface area contributed by atoms with Gasteiger partial charge in [0.05, 0.1) is 12.0 Å². The maximum atomic E-state index is 12.4. The first-order chi connectivity index (χ1) is 10.9. The number of hydrogen-bond acceptors (Lipinski definition) is 5. The third-order valence-electron chi connectivity index (χ3n) is 3.03. The summed E-state index contributed by atoms with van der Waals surface area (Å²) >= 11 is 0. The van der Waals surface area contributed by atoms with E-state index in [4.69, 9.17) is 4.74 Å². The molecule has 0 aliphatic rings. The number of rotatable bonds is 6. The number of carbonyl (C=O) groups is 1. The van der Waals surface area contributed by atoms with E-state index in [2.05, 4.69) is 15.5 Å². The molecule has 0 unspecified atom stereocenters. The summed E-state index contributed by atoms with van der Waals surface area (Å²) in [5.41, 5.74) is -0.315. The number of halogens is 3. The Labute approximate surface area is 130 Å². The molecule has 0 bridgehead atoms. The normalized spacial score (nSPS) is 11.5. The summed E-state index contributed by atoms with van der Waals surface area (Å²) in [6.07, 6.45) is -3.68. The number of esters is 1. The summed E-state index contributed by atoms with van der Waals surface area (Å²) in [7, 11) is 0. The number of carbonyl (C=O) groups excluding carboxylic acids is 1. The van der Waals surface area contributed by atoms with Crippen LogP contribution in [0.15, 0.2) is 24.3 Å². The molecule has 0 N–H and O–H groups in total. The van der Waals surface area contributed by atoms with E-state index in [-0.39, 0.29) is 13.0 Å². The van der Waals surface area contributed by atoms with E-state index >= 15 is 0 Å². The highest BCUT2D eigenvalue weighted by atomic mass is 19.4. The van der Waals surface area contributed by atoms with Gasteiger partial charge >= 0.3 is 12.1 Å². The molecule has 0 saturated heterocycles. The summed E-state index contributed by atoms with van der Waals surface area (Å²) in [5, 5.41) is 11.0. The first kappa shape index (κ1) is 16.9. The van der Waals surface area contributed by atoms with Gasteiger partial charge < -0.3 is 4.74 Å². The highest BCUT2D eigenvalue weighted by molar-refractivity contribution is 5.72. The number of hydrogen-bond donors (Lipinski definition) is 0. The van der Waals surface area contributed by atoms with E-state index in [0.29, 0.717) is 17.9 Å². The van der Waals surface area contributed by atoms with Crippen LogP contribution >= 0.6 is 0 Å². The maximum Gasteiger partial charge on any atom is 0.416 e. The van der Waals surface area contributed by atoms with Gasteiger partial charge in [-0.15, -0.1) is 5.10 Å². The SMILES string of the molecule is CCCn1nnnc1COC(=O)Cc1ccc(C(F)(F)F)cc1. The van der Waals surface area contributed by atoms with Crippen molar-refractivity contribution >= 4 is 5.97 Å². The number of benzene rings is 1. The first-order valence-electron chi connectivity index (χ1n) is 6.97. The van der Waals surface area contributed by atoms with Crippen LogP contribution in [0.2, 0.25) is 0 Å². The zero-order chi connectivity index (χ0) is 16.9. The topological polar surface area (TPSA) is 69.9 Å². The van der Waals surface area contributed by atoms with Crippen LogP contribution in [0.25, 0.3) is 0 Å². The van der Waals surface area contributed by atoms with Gasteiger partial charge in [-0.25, -0.2) is 4.68 Å². The monoisotopic (exact) mass is 328 g/mol. The molecule has 0 aliphatic carbocycles. The van der Waals surface area contributed by atoms with Crippen LogP contribution in [-0.4, -0.2) is 26.2 Å². The molecule has 0 spiro atoms. The summed E-state index contributed by atoms with van der Waals surface area (Å²) in [5.74, 6) is -0.136. The molecule has 0 fully saturated rings. The lowest BCUT2D eigenvalue weighted by Crippen LogP contribution is -2.12. The molecule has 6 nitrogen and oxygen atoms in total. The van der Waals surface area contributed by atoms with Crippen molar-refractivity contribution in [1.29, 1.82) is 0 Å². The maximum absolute atomic E-state index is 12.4. The number of aryl methyl sites for hydroxylation is 1. The van der Waals surface area contributed by atoms with Gasteiger partial charge in [0.25, 0.3) is 0 Å². The fraction of sp³-hybridized carbons (Fsp3) is 0.429. The third-order valence-corrected chi connectivity index (χ3v) is 3.03. The van der Waals surface area contributed by atoms with Crippen LogP contribution < -0.4 is 0 Å². The molecule has 0 radical (unpaired) electrons. The van der Waals surface area contributed by atoms with E-state index in [1.54, 1.807) is 0 Å². The van der Waals surface area contributed by atoms with E-state index in [0.717, 1.165) is 18.6 Å². The number of nitrogens with zero attached hydrogens (tertiary/aromatic N) is 4. The van der Waals surface area contributed by atoms with E-state index in [1.807, 2.05) is 6.92 Å². The molecule has 1 heterocycles. The largest absolute Gasteiger partial charge is 0.457 e. The average molecular weight is 328 g/mol. The average Bonchev–Trinajstić information content (AvgIpc) is 2.92. The molecule has 23 heavy (non-hydrogen) atoms. The molecule has 1 aromatic carbocycles. The second-order valence-corrected chi connectivity index (χ2v) is 4.85. The molecule has 9 heteroatoms. The zero-order valence-corrected chi connectivity index (χ0v) is 12.4. The standard InChI is InChI=1S/C14H15F3N4O2/c1-2-7-21-12(18-19-20-21)9-23-13(22)8-10-3-5-11(6-4-10)14(15,16)17/h3-6H,2,7-9H2,1H3. The minimum absolute atomic E-state index is 0.0769. The molecule has 0 atom stereocenters. The highest BCUT2D eigenvalue weighted by Gasteiger charge is 2.30. The molecule has 2 rings (SSSR count). The highest BCUT2D eigenvalue weighted by Crippen LogP contribution is 2.29. The second-order valence-electron chi connectivity index (χ2n) is 4.85. The fourth-order valence-corrected chi connectivity index (χ4v) is 1.89. The predicted octanol–water partition coefficient (Wildman–Crippen LogP) is 2.39. The van der Waals surface area contributed by atoms with Crippen molar-refractivity contribution in [2.75, 3.05) is 0 Å². The van der Waals surface area contributed by atoms with E-state index < -0.39 is 17.7 Å². The summed E-state index contributed by atoms with van der Waals surface area (Å²) < 4.78 is 43.9. The fourth-order valence-electron chi connectivity index (χ4n) is 1.89. The molecule has 124 valence electrons. The van der Waals surface area contributed by atoms with Crippen molar-refractivity contribution in [2.24, 2.45) is 0 Å². The molecular weight excluding hydrogens is 313 g/mol. The van der Waals surface area contributed by atoms with Gasteiger partial charge in [0.2, 0.25) is 0 Å². The Kier molecular flexibility index (Phi) is 5.30. The molecular formula is C14H15F3N4O2. The number of tetrazole rings is 1. The van der Waals surface area contributed by atoms with Crippen LogP contribution in [0.3, 0.4) is 0 Å². The Morgan fingerprint density at radius 2 is 1.96 bits per heavy atom. The summed E-state index contributed by atoms with van der Waals surface area (Å²) in [4.78, 5) is 11.7. The first-order valence-corrected chi connectivity index (χ1v) is 6.97. The lowest BCUT2D eigenvalue weighted by Gasteiger charge is -2.08. The second kappa shape index (κ2) is 7.21. The van der Waals surface area contributed by atoms with Gasteiger partial charge in [0, 0.05) is 6.54 Å². The van der Waals surface area contributed by atoms with Crippen molar-refractivity contribution < 1.29 is 22.7 Å².